The van der Waals surface area contributed by atoms with Crippen LogP contribution in [0.1, 0.15) is 35.8 Å². The number of nitro groups is 1. The minimum Gasteiger partial charge on any atom is -0.462 e. The van der Waals surface area contributed by atoms with E-state index in [4.69, 9.17) is 4.74 Å². The van der Waals surface area contributed by atoms with Gasteiger partial charge in [-0.05, 0) is 19.4 Å². The van der Waals surface area contributed by atoms with Gasteiger partial charge in [-0.15, -0.1) is 0 Å². The van der Waals surface area contributed by atoms with E-state index in [2.05, 4.69) is 10.4 Å². The summed E-state index contributed by atoms with van der Waals surface area (Å²) < 4.78 is 6.05. The van der Waals surface area contributed by atoms with Crippen LogP contribution in [0.3, 0.4) is 0 Å². The van der Waals surface area contributed by atoms with Crippen LogP contribution in [0, 0.1) is 10.1 Å². The smallest absolute Gasteiger partial charge is 0.343 e. The van der Waals surface area contributed by atoms with Crippen LogP contribution in [-0.4, -0.2) is 38.4 Å². The van der Waals surface area contributed by atoms with Crippen LogP contribution in [0.2, 0.25) is 0 Å². The zero-order chi connectivity index (χ0) is 18.2. The molecule has 25 heavy (non-hydrogen) atoms. The van der Waals surface area contributed by atoms with Crippen molar-refractivity contribution in [2.45, 2.75) is 31.7 Å². The molecule has 0 spiro atoms. The number of fused-ring (bicyclic) bond motifs is 1. The van der Waals surface area contributed by atoms with Gasteiger partial charge < -0.3 is 15.2 Å². The van der Waals surface area contributed by atoms with Crippen LogP contribution >= 0.6 is 0 Å². The maximum atomic E-state index is 12.1. The SMILES string of the molecule is CCOC(=O)c1cnn2c1NC(c1ccccc1)C([N+](=O)[O-])C2(C)O. The van der Waals surface area contributed by atoms with Gasteiger partial charge in [-0.1, -0.05) is 30.3 Å². The first-order valence-corrected chi connectivity index (χ1v) is 7.81. The van der Waals surface area contributed by atoms with Gasteiger partial charge in [-0.25, -0.2) is 9.48 Å². The summed E-state index contributed by atoms with van der Waals surface area (Å²) in [4.78, 5) is 23.3. The Morgan fingerprint density at radius 1 is 1.48 bits per heavy atom. The first kappa shape index (κ1) is 16.9. The molecule has 2 heterocycles. The topological polar surface area (TPSA) is 120 Å². The standard InChI is InChI=1S/C16H18N4O5/c1-3-25-15(21)11-9-17-19-14(11)18-12(10-7-5-4-6-8-10)13(20(23)24)16(19,2)22/h4-9,12-13,18,22H,3H2,1-2H3. The summed E-state index contributed by atoms with van der Waals surface area (Å²) in [5, 5.41) is 29.5. The number of hydrogen-bond donors (Lipinski definition) is 2. The lowest BCUT2D eigenvalue weighted by atomic mass is 9.90. The first-order chi connectivity index (χ1) is 11.9. The number of rotatable bonds is 4. The molecule has 0 saturated carbocycles. The molecular weight excluding hydrogens is 328 g/mol. The summed E-state index contributed by atoms with van der Waals surface area (Å²) in [6.07, 6.45) is 1.24. The largest absolute Gasteiger partial charge is 0.462 e. The summed E-state index contributed by atoms with van der Waals surface area (Å²) in [5.74, 6) is -0.422. The highest BCUT2D eigenvalue weighted by molar-refractivity contribution is 5.94. The molecular formula is C16H18N4O5. The Balaban J connectivity index is 2.13. The van der Waals surface area contributed by atoms with Gasteiger partial charge in [0.15, 0.2) is 0 Å². The van der Waals surface area contributed by atoms with E-state index in [1.54, 1.807) is 37.3 Å². The van der Waals surface area contributed by atoms with Gasteiger partial charge in [-0.3, -0.25) is 10.1 Å². The molecule has 0 bridgehead atoms. The number of benzene rings is 1. The molecule has 1 aliphatic heterocycles. The molecule has 132 valence electrons. The summed E-state index contributed by atoms with van der Waals surface area (Å²) in [6, 6.07) is 6.49. The summed E-state index contributed by atoms with van der Waals surface area (Å²) >= 11 is 0. The third-order valence-corrected chi connectivity index (χ3v) is 4.25. The Bertz CT molecular complexity index is 802. The molecule has 0 fully saturated rings. The van der Waals surface area contributed by atoms with E-state index in [0.717, 1.165) is 4.68 Å². The minimum absolute atomic E-state index is 0.116. The predicted octanol–water partition coefficient (Wildman–Crippen LogP) is 1.54. The molecule has 3 rings (SSSR count). The number of esters is 1. The minimum atomic E-state index is -1.94. The van der Waals surface area contributed by atoms with Crippen LogP contribution in [0.25, 0.3) is 0 Å². The lowest BCUT2D eigenvalue weighted by Gasteiger charge is -2.38. The third kappa shape index (κ3) is 2.72. The molecule has 9 nitrogen and oxygen atoms in total. The van der Waals surface area contributed by atoms with Gasteiger partial charge >= 0.3 is 5.97 Å². The van der Waals surface area contributed by atoms with Crippen molar-refractivity contribution in [3.8, 4) is 0 Å². The lowest BCUT2D eigenvalue weighted by Crippen LogP contribution is -2.56. The first-order valence-electron chi connectivity index (χ1n) is 7.81. The highest BCUT2D eigenvalue weighted by atomic mass is 16.6. The molecule has 3 unspecified atom stereocenters. The predicted molar refractivity (Wildman–Crippen MR) is 87.6 cm³/mol. The maximum absolute atomic E-state index is 12.1. The Hall–Kier alpha value is -2.94. The van der Waals surface area contributed by atoms with Crippen molar-refractivity contribution in [1.29, 1.82) is 0 Å². The molecule has 2 aromatic rings. The van der Waals surface area contributed by atoms with E-state index in [0.29, 0.717) is 5.56 Å². The Labute approximate surface area is 143 Å². The molecule has 3 atom stereocenters. The average molecular weight is 346 g/mol. The molecule has 0 amide bonds. The van der Waals surface area contributed by atoms with E-state index < -0.39 is 28.7 Å². The van der Waals surface area contributed by atoms with Crippen LogP contribution in [-0.2, 0) is 10.5 Å². The quantitative estimate of drug-likeness (QED) is 0.489. The number of ether oxygens (including phenoxy) is 1. The third-order valence-electron chi connectivity index (χ3n) is 4.25. The molecule has 1 aliphatic rings. The van der Waals surface area contributed by atoms with Crippen molar-refractivity contribution in [2.75, 3.05) is 11.9 Å². The van der Waals surface area contributed by atoms with E-state index in [-0.39, 0.29) is 18.0 Å². The molecule has 0 radical (unpaired) electrons. The van der Waals surface area contributed by atoms with Crippen molar-refractivity contribution < 1.29 is 19.6 Å². The van der Waals surface area contributed by atoms with Crippen molar-refractivity contribution >= 4 is 11.8 Å². The molecule has 0 saturated heterocycles. The van der Waals surface area contributed by atoms with Gasteiger partial charge in [0.1, 0.15) is 17.4 Å². The summed E-state index contributed by atoms with van der Waals surface area (Å²) in [5.41, 5.74) is -1.20. The number of hydrogen-bond acceptors (Lipinski definition) is 7. The number of aliphatic hydroxyl groups is 1. The van der Waals surface area contributed by atoms with Gasteiger partial charge in [0.25, 0.3) is 6.04 Å². The lowest BCUT2D eigenvalue weighted by molar-refractivity contribution is -0.558. The van der Waals surface area contributed by atoms with E-state index in [1.807, 2.05) is 0 Å². The molecule has 1 aromatic heterocycles. The van der Waals surface area contributed by atoms with Gasteiger partial charge in [-0.2, -0.15) is 5.10 Å². The highest BCUT2D eigenvalue weighted by Gasteiger charge is 2.55. The average Bonchev–Trinajstić information content (AvgIpc) is 3.00. The van der Waals surface area contributed by atoms with Crippen LogP contribution in [0.4, 0.5) is 5.82 Å². The van der Waals surface area contributed by atoms with Crippen LogP contribution in [0.5, 0.6) is 0 Å². The van der Waals surface area contributed by atoms with Crippen molar-refractivity contribution in [1.82, 2.24) is 9.78 Å². The van der Waals surface area contributed by atoms with E-state index >= 15 is 0 Å². The maximum Gasteiger partial charge on any atom is 0.343 e. The van der Waals surface area contributed by atoms with Gasteiger partial charge in [0.2, 0.25) is 5.72 Å². The molecule has 1 aromatic carbocycles. The Morgan fingerprint density at radius 2 is 2.16 bits per heavy atom. The van der Waals surface area contributed by atoms with Crippen molar-refractivity contribution in [3.05, 3.63) is 57.8 Å². The second-order valence-corrected chi connectivity index (χ2v) is 5.90. The monoisotopic (exact) mass is 346 g/mol. The van der Waals surface area contributed by atoms with Crippen molar-refractivity contribution in [3.63, 3.8) is 0 Å². The fourth-order valence-corrected chi connectivity index (χ4v) is 3.10. The van der Waals surface area contributed by atoms with Gasteiger partial charge in [0.05, 0.1) is 12.8 Å². The van der Waals surface area contributed by atoms with Crippen molar-refractivity contribution in [2.24, 2.45) is 0 Å². The number of carbonyl (C=O) groups excluding carboxylic acids is 1. The van der Waals surface area contributed by atoms with Crippen LogP contribution < -0.4 is 5.32 Å². The van der Waals surface area contributed by atoms with E-state index in [9.17, 15) is 20.0 Å². The second kappa shape index (κ2) is 6.17. The normalized spacial score (nSPS) is 24.9. The molecule has 9 heteroatoms. The van der Waals surface area contributed by atoms with Crippen LogP contribution in [0.15, 0.2) is 36.5 Å². The zero-order valence-corrected chi connectivity index (χ0v) is 13.7. The summed E-state index contributed by atoms with van der Waals surface area (Å²) in [7, 11) is 0. The fraction of sp³-hybridized carbons (Fsp3) is 0.375. The fourth-order valence-electron chi connectivity index (χ4n) is 3.10. The summed E-state index contributed by atoms with van der Waals surface area (Å²) in [6.45, 7) is 3.16. The zero-order valence-electron chi connectivity index (χ0n) is 13.7. The number of nitrogens with one attached hydrogen (secondary N) is 1. The molecule has 2 N–H and O–H groups in total. The van der Waals surface area contributed by atoms with E-state index in [1.165, 1.54) is 13.1 Å². The number of nitrogens with zero attached hydrogens (tertiary/aromatic N) is 3. The number of carbonyl (C=O) groups is 1. The number of anilines is 1. The second-order valence-electron chi connectivity index (χ2n) is 5.90. The Morgan fingerprint density at radius 3 is 2.76 bits per heavy atom. The number of aromatic nitrogens is 2. The Kier molecular flexibility index (Phi) is 4.17. The van der Waals surface area contributed by atoms with Gasteiger partial charge in [0, 0.05) is 4.92 Å². The molecule has 0 aliphatic carbocycles. The highest BCUT2D eigenvalue weighted by Crippen LogP contribution is 2.40.